The fourth-order valence-electron chi connectivity index (χ4n) is 3.75. The van der Waals surface area contributed by atoms with E-state index < -0.39 is 0 Å². The van der Waals surface area contributed by atoms with Gasteiger partial charge in [0.15, 0.2) is 6.29 Å². The van der Waals surface area contributed by atoms with E-state index in [9.17, 15) is 14.9 Å². The number of hydrogen-bond acceptors (Lipinski definition) is 5. The van der Waals surface area contributed by atoms with Crippen molar-refractivity contribution in [2.75, 3.05) is 31.1 Å². The molecule has 1 saturated heterocycles. The van der Waals surface area contributed by atoms with Gasteiger partial charge in [0, 0.05) is 43.2 Å². The van der Waals surface area contributed by atoms with Crippen LogP contribution < -0.4 is 10.2 Å². The van der Waals surface area contributed by atoms with Crippen molar-refractivity contribution in [1.29, 1.82) is 0 Å². The summed E-state index contributed by atoms with van der Waals surface area (Å²) in [6, 6.07) is 12.9. The molecule has 0 saturated carbocycles. The predicted molar refractivity (Wildman–Crippen MR) is 105 cm³/mol. The summed E-state index contributed by atoms with van der Waals surface area (Å²) in [4.78, 5) is 25.2. The van der Waals surface area contributed by atoms with Crippen LogP contribution in [0.15, 0.2) is 42.5 Å². The standard InChI is InChI=1S/C20H20N4O3/c1-14-6-7-15(12-19(14)24(26)27)23-18-5-3-2-4-16(18)17(13-25)20(23)22-10-8-21-9-11-22/h2-7,12-13,21H,8-11H2,1H3. The first kappa shape index (κ1) is 17.2. The number of nitro groups is 1. The summed E-state index contributed by atoms with van der Waals surface area (Å²) >= 11 is 0. The molecule has 2 heterocycles. The SMILES string of the molecule is Cc1ccc(-n2c(N3CCNCC3)c(C=O)c3ccccc32)cc1[N+](=O)[O-]. The van der Waals surface area contributed by atoms with Gasteiger partial charge in [-0.25, -0.2) is 0 Å². The Hall–Kier alpha value is -3.19. The largest absolute Gasteiger partial charge is 0.355 e. The van der Waals surface area contributed by atoms with Gasteiger partial charge in [0.05, 0.1) is 21.7 Å². The molecule has 0 radical (unpaired) electrons. The topological polar surface area (TPSA) is 80.4 Å². The molecule has 0 amide bonds. The van der Waals surface area contributed by atoms with Gasteiger partial charge in [0.2, 0.25) is 0 Å². The van der Waals surface area contributed by atoms with E-state index in [0.29, 0.717) is 16.8 Å². The molecular weight excluding hydrogens is 344 g/mol. The van der Waals surface area contributed by atoms with Crippen LogP contribution in [0.5, 0.6) is 0 Å². The normalized spacial score (nSPS) is 14.5. The Morgan fingerprint density at radius 1 is 1.15 bits per heavy atom. The summed E-state index contributed by atoms with van der Waals surface area (Å²) in [6.07, 6.45) is 0.888. The van der Waals surface area contributed by atoms with Crippen LogP contribution in [0.25, 0.3) is 16.6 Å². The maximum absolute atomic E-state index is 12.0. The van der Waals surface area contributed by atoms with Crippen molar-refractivity contribution < 1.29 is 9.72 Å². The second-order valence-corrected chi connectivity index (χ2v) is 6.67. The number of carbonyl (C=O) groups excluding carboxylic acids is 1. The number of fused-ring (bicyclic) bond motifs is 1. The minimum atomic E-state index is -0.365. The van der Waals surface area contributed by atoms with Gasteiger partial charge >= 0.3 is 0 Å². The van der Waals surface area contributed by atoms with E-state index in [1.807, 2.05) is 34.9 Å². The smallest absolute Gasteiger partial charge is 0.274 e. The molecule has 0 atom stereocenters. The van der Waals surface area contributed by atoms with E-state index in [1.54, 1.807) is 19.1 Å². The summed E-state index contributed by atoms with van der Waals surface area (Å²) < 4.78 is 1.97. The van der Waals surface area contributed by atoms with E-state index in [1.165, 1.54) is 0 Å². The van der Waals surface area contributed by atoms with Gasteiger partial charge in [0.25, 0.3) is 5.69 Å². The van der Waals surface area contributed by atoms with E-state index in [0.717, 1.165) is 49.2 Å². The fraction of sp³-hybridized carbons (Fsp3) is 0.250. The number of aryl methyl sites for hydroxylation is 1. The van der Waals surface area contributed by atoms with Crippen molar-refractivity contribution in [2.24, 2.45) is 0 Å². The molecule has 138 valence electrons. The highest BCUT2D eigenvalue weighted by Crippen LogP contribution is 2.36. The number of para-hydroxylation sites is 1. The Labute approximate surface area is 156 Å². The van der Waals surface area contributed by atoms with Crippen molar-refractivity contribution in [2.45, 2.75) is 6.92 Å². The third-order valence-electron chi connectivity index (χ3n) is 5.07. The molecule has 1 N–H and O–H groups in total. The number of nitrogens with zero attached hydrogens (tertiary/aromatic N) is 3. The van der Waals surface area contributed by atoms with Crippen LogP contribution in [-0.4, -0.2) is 42.0 Å². The summed E-state index contributed by atoms with van der Waals surface area (Å²) in [5.74, 6) is 0.797. The molecular formula is C20H20N4O3. The number of hydrogen-bond donors (Lipinski definition) is 1. The number of aromatic nitrogens is 1. The molecule has 27 heavy (non-hydrogen) atoms. The molecule has 7 heteroatoms. The van der Waals surface area contributed by atoms with Gasteiger partial charge < -0.3 is 10.2 Å². The zero-order valence-electron chi connectivity index (χ0n) is 15.0. The lowest BCUT2D eigenvalue weighted by Crippen LogP contribution is -2.44. The molecule has 0 bridgehead atoms. The lowest BCUT2D eigenvalue weighted by Gasteiger charge is -2.31. The van der Waals surface area contributed by atoms with Crippen LogP contribution in [0.4, 0.5) is 11.5 Å². The molecule has 2 aromatic carbocycles. The Morgan fingerprint density at radius 2 is 1.89 bits per heavy atom. The minimum Gasteiger partial charge on any atom is -0.355 e. The molecule has 1 aliphatic rings. The van der Waals surface area contributed by atoms with Gasteiger partial charge in [-0.15, -0.1) is 0 Å². The molecule has 7 nitrogen and oxygen atoms in total. The molecule has 0 spiro atoms. The monoisotopic (exact) mass is 364 g/mol. The van der Waals surface area contributed by atoms with Crippen molar-refractivity contribution >= 4 is 28.7 Å². The minimum absolute atomic E-state index is 0.0733. The van der Waals surface area contributed by atoms with Crippen molar-refractivity contribution in [3.05, 3.63) is 63.7 Å². The summed E-state index contributed by atoms with van der Waals surface area (Å²) in [5.41, 5.74) is 2.86. The first-order valence-electron chi connectivity index (χ1n) is 8.91. The molecule has 1 aliphatic heterocycles. The van der Waals surface area contributed by atoms with Crippen molar-refractivity contribution in [1.82, 2.24) is 9.88 Å². The zero-order chi connectivity index (χ0) is 19.0. The lowest BCUT2D eigenvalue weighted by atomic mass is 10.1. The fourth-order valence-corrected chi connectivity index (χ4v) is 3.75. The Balaban J connectivity index is 2.03. The number of piperazine rings is 1. The number of nitro benzene ring substituents is 1. The number of anilines is 1. The number of carbonyl (C=O) groups is 1. The average molecular weight is 364 g/mol. The summed E-state index contributed by atoms with van der Waals surface area (Å²) in [6.45, 7) is 4.92. The molecule has 3 aromatic rings. The maximum Gasteiger partial charge on any atom is 0.274 e. The highest BCUT2D eigenvalue weighted by Gasteiger charge is 2.25. The van der Waals surface area contributed by atoms with Gasteiger partial charge in [-0.2, -0.15) is 0 Å². The van der Waals surface area contributed by atoms with Gasteiger partial charge in [-0.1, -0.05) is 24.3 Å². The third-order valence-corrected chi connectivity index (χ3v) is 5.07. The van der Waals surface area contributed by atoms with Crippen LogP contribution in [0.1, 0.15) is 15.9 Å². The Morgan fingerprint density at radius 3 is 2.59 bits per heavy atom. The second-order valence-electron chi connectivity index (χ2n) is 6.67. The Kier molecular flexibility index (Phi) is 4.37. The van der Waals surface area contributed by atoms with E-state index >= 15 is 0 Å². The van der Waals surface area contributed by atoms with Gasteiger partial charge in [0.1, 0.15) is 5.82 Å². The van der Waals surface area contributed by atoms with Crippen molar-refractivity contribution in [3.63, 3.8) is 0 Å². The zero-order valence-corrected chi connectivity index (χ0v) is 15.0. The molecule has 0 unspecified atom stereocenters. The third kappa shape index (κ3) is 2.86. The first-order valence-corrected chi connectivity index (χ1v) is 8.91. The number of aldehydes is 1. The van der Waals surface area contributed by atoms with Crippen LogP contribution >= 0.6 is 0 Å². The first-order chi connectivity index (χ1) is 13.1. The van der Waals surface area contributed by atoms with E-state index in [2.05, 4.69) is 10.2 Å². The van der Waals surface area contributed by atoms with Crippen molar-refractivity contribution in [3.8, 4) is 5.69 Å². The molecule has 1 fully saturated rings. The van der Waals surface area contributed by atoms with Crippen LogP contribution in [0.2, 0.25) is 0 Å². The lowest BCUT2D eigenvalue weighted by molar-refractivity contribution is -0.385. The molecule has 0 aliphatic carbocycles. The quantitative estimate of drug-likeness (QED) is 0.437. The number of nitrogens with one attached hydrogen (secondary N) is 1. The predicted octanol–water partition coefficient (Wildman–Crippen LogP) is 3.07. The van der Waals surface area contributed by atoms with E-state index in [4.69, 9.17) is 0 Å². The summed E-state index contributed by atoms with van der Waals surface area (Å²) in [5, 5.41) is 15.6. The highest BCUT2D eigenvalue weighted by atomic mass is 16.6. The summed E-state index contributed by atoms with van der Waals surface area (Å²) in [7, 11) is 0. The number of rotatable bonds is 4. The molecule has 1 aromatic heterocycles. The van der Waals surface area contributed by atoms with Crippen LogP contribution in [0, 0.1) is 17.0 Å². The van der Waals surface area contributed by atoms with Crippen LogP contribution in [0.3, 0.4) is 0 Å². The van der Waals surface area contributed by atoms with E-state index in [-0.39, 0.29) is 10.6 Å². The second kappa shape index (κ2) is 6.85. The molecule has 4 rings (SSSR count). The average Bonchev–Trinajstić information content (AvgIpc) is 3.03. The Bertz CT molecular complexity index is 1040. The maximum atomic E-state index is 12.0. The highest BCUT2D eigenvalue weighted by molar-refractivity contribution is 6.05. The van der Waals surface area contributed by atoms with Gasteiger partial charge in [-0.3, -0.25) is 19.5 Å². The number of benzene rings is 2. The van der Waals surface area contributed by atoms with Crippen LogP contribution in [-0.2, 0) is 0 Å². The van der Waals surface area contributed by atoms with Gasteiger partial charge in [-0.05, 0) is 19.1 Å².